The third-order valence-electron chi connectivity index (χ3n) is 8.24. The molecule has 0 bridgehead atoms. The molecule has 0 fully saturated rings. The van der Waals surface area contributed by atoms with Crippen LogP contribution in [0, 0.1) is 11.7 Å². The number of hydrogen-bond acceptors (Lipinski definition) is 6. The lowest BCUT2D eigenvalue weighted by atomic mass is 10.0. The second kappa shape index (κ2) is 17.5. The van der Waals surface area contributed by atoms with Crippen LogP contribution in [-0.4, -0.2) is 84.5 Å². The number of fused-ring (bicyclic) bond motifs is 1. The minimum absolute atomic E-state index is 0.208. The summed E-state index contributed by atoms with van der Waals surface area (Å²) in [6.45, 7) is 6.24. The summed E-state index contributed by atoms with van der Waals surface area (Å²) >= 11 is 0. The van der Waals surface area contributed by atoms with Gasteiger partial charge in [-0.05, 0) is 87.7 Å². The Kier molecular flexibility index (Phi) is 13.2. The molecule has 0 saturated carbocycles. The minimum atomic E-state index is -0.559. The second-order valence-electron chi connectivity index (χ2n) is 12.3. The number of para-hydroxylation sites is 1. The fourth-order valence-corrected chi connectivity index (χ4v) is 5.38. The Labute approximate surface area is 281 Å². The minimum Gasteiger partial charge on any atom is -0.490 e. The van der Waals surface area contributed by atoms with Crippen LogP contribution in [0.25, 0.3) is 0 Å². The van der Waals surface area contributed by atoms with Gasteiger partial charge in [-0.2, -0.15) is 0 Å². The van der Waals surface area contributed by atoms with Gasteiger partial charge in [0.1, 0.15) is 11.6 Å². The van der Waals surface area contributed by atoms with Crippen molar-refractivity contribution < 1.29 is 33.4 Å². The highest BCUT2D eigenvalue weighted by Gasteiger charge is 2.31. The number of aliphatic hydroxyl groups is 1. The zero-order valence-electron chi connectivity index (χ0n) is 27.9. The number of amides is 5. The van der Waals surface area contributed by atoms with E-state index < -0.39 is 24.0 Å². The van der Waals surface area contributed by atoms with Gasteiger partial charge >= 0.3 is 12.1 Å². The summed E-state index contributed by atoms with van der Waals surface area (Å²) in [6.07, 6.45) is 1.65. The molecule has 1 aliphatic rings. The van der Waals surface area contributed by atoms with Gasteiger partial charge < -0.3 is 40.3 Å². The molecule has 0 radical (unpaired) electrons. The maximum absolute atomic E-state index is 14.3. The number of nitrogens with zero attached hydrogens (tertiary/aromatic N) is 2. The molecular weight excluding hydrogens is 617 g/mol. The average Bonchev–Trinajstić information content (AvgIpc) is 3.07. The van der Waals surface area contributed by atoms with E-state index in [4.69, 9.17) is 9.47 Å². The first kappa shape index (κ1) is 36.2. The number of carbonyl (C=O) groups excluding carboxylic acids is 3. The Morgan fingerprint density at radius 1 is 0.979 bits per heavy atom. The Bertz CT molecular complexity index is 1510. The van der Waals surface area contributed by atoms with Crippen molar-refractivity contribution in [3.8, 4) is 5.75 Å². The molecule has 0 aromatic heterocycles. The third kappa shape index (κ3) is 10.4. The molecular formula is C36H46FN5O6. The fraction of sp³-hybridized carbons (Fsp3) is 0.417. The molecule has 12 heteroatoms. The molecule has 5 amide bonds. The molecule has 1 heterocycles. The summed E-state index contributed by atoms with van der Waals surface area (Å²) in [6, 6.07) is 18.1. The van der Waals surface area contributed by atoms with Crippen LogP contribution >= 0.6 is 0 Å². The van der Waals surface area contributed by atoms with E-state index in [0.29, 0.717) is 35.8 Å². The fourth-order valence-electron chi connectivity index (χ4n) is 5.38. The molecule has 3 aromatic carbocycles. The van der Waals surface area contributed by atoms with Crippen LogP contribution in [0.15, 0.2) is 72.8 Å². The molecule has 0 saturated heterocycles. The molecule has 0 aliphatic carbocycles. The van der Waals surface area contributed by atoms with Crippen LogP contribution in [0.1, 0.15) is 50.4 Å². The van der Waals surface area contributed by atoms with E-state index in [1.54, 1.807) is 49.2 Å². The number of hydrogen-bond donors (Lipinski definition) is 4. The van der Waals surface area contributed by atoms with Gasteiger partial charge in [0, 0.05) is 49.7 Å². The predicted octanol–water partition coefficient (Wildman–Crippen LogP) is 6.43. The van der Waals surface area contributed by atoms with E-state index in [1.807, 2.05) is 32.0 Å². The van der Waals surface area contributed by atoms with Crippen LogP contribution in [0.5, 0.6) is 5.75 Å². The molecule has 0 unspecified atom stereocenters. The number of benzene rings is 3. The van der Waals surface area contributed by atoms with Gasteiger partial charge in [-0.25, -0.2) is 14.0 Å². The number of likely N-dealkylation sites (N-methyl/N-ethyl adjacent to an activating group) is 1. The van der Waals surface area contributed by atoms with Gasteiger partial charge in [0.15, 0.2) is 0 Å². The van der Waals surface area contributed by atoms with Crippen molar-refractivity contribution >= 4 is 35.0 Å². The highest BCUT2D eigenvalue weighted by Crippen LogP contribution is 2.29. The zero-order valence-corrected chi connectivity index (χ0v) is 27.9. The van der Waals surface area contributed by atoms with Gasteiger partial charge in [-0.15, -0.1) is 0 Å². The van der Waals surface area contributed by atoms with Crippen molar-refractivity contribution in [2.24, 2.45) is 5.92 Å². The lowest BCUT2D eigenvalue weighted by Gasteiger charge is -2.35. The molecule has 4 atom stereocenters. The molecule has 0 spiro atoms. The lowest BCUT2D eigenvalue weighted by Crippen LogP contribution is -2.48. The first-order valence-corrected chi connectivity index (χ1v) is 16.3. The largest absolute Gasteiger partial charge is 0.490 e. The van der Waals surface area contributed by atoms with E-state index in [1.165, 1.54) is 29.2 Å². The number of ether oxygens (including phenoxy) is 2. The van der Waals surface area contributed by atoms with Crippen LogP contribution in [0.3, 0.4) is 0 Å². The average molecular weight is 664 g/mol. The Balaban J connectivity index is 1.57. The standard InChI is InChI=1S/C36H46FN5O6/c1-24-21-42(25(2)23-43)34(44)31-20-30(39-35(45)38-28-11-6-5-7-12-28)17-18-32(31)48-26(3)10-8-9-19-47-33(24)22-41(4)36(46)40-29-15-13-27(37)14-16-29/h5-7,11-18,20,24-26,33,43H,8-10,19,21-23H2,1-4H3,(H,40,46)(H2,38,39,45)/t24-,25-,26+,33+/m0/s1. The topological polar surface area (TPSA) is 132 Å². The molecule has 3 aromatic rings. The molecule has 48 heavy (non-hydrogen) atoms. The van der Waals surface area contributed by atoms with Crippen molar-refractivity contribution in [1.29, 1.82) is 0 Å². The number of aliphatic hydroxyl groups excluding tert-OH is 1. The molecule has 4 rings (SSSR count). The second-order valence-corrected chi connectivity index (χ2v) is 12.3. The monoisotopic (exact) mass is 663 g/mol. The van der Waals surface area contributed by atoms with Crippen molar-refractivity contribution in [2.45, 2.75) is 58.3 Å². The highest BCUT2D eigenvalue weighted by molar-refractivity contribution is 6.02. The quantitative estimate of drug-likeness (QED) is 0.230. The van der Waals surface area contributed by atoms with Crippen molar-refractivity contribution in [3.05, 3.63) is 84.2 Å². The van der Waals surface area contributed by atoms with E-state index in [0.717, 1.165) is 12.8 Å². The predicted molar refractivity (Wildman–Crippen MR) is 184 cm³/mol. The summed E-state index contributed by atoms with van der Waals surface area (Å²) in [4.78, 5) is 43.2. The Morgan fingerprint density at radius 3 is 2.35 bits per heavy atom. The number of rotatable bonds is 7. The maximum Gasteiger partial charge on any atom is 0.323 e. The van der Waals surface area contributed by atoms with Crippen LogP contribution in [0.2, 0.25) is 0 Å². The van der Waals surface area contributed by atoms with Gasteiger partial charge in [0.2, 0.25) is 0 Å². The summed E-state index contributed by atoms with van der Waals surface area (Å²) in [5, 5.41) is 18.5. The summed E-state index contributed by atoms with van der Waals surface area (Å²) in [5.41, 5.74) is 1.72. The van der Waals surface area contributed by atoms with Gasteiger partial charge in [-0.3, -0.25) is 4.79 Å². The van der Waals surface area contributed by atoms with Crippen molar-refractivity contribution in [3.63, 3.8) is 0 Å². The normalized spacial score (nSPS) is 19.6. The number of urea groups is 2. The highest BCUT2D eigenvalue weighted by atomic mass is 19.1. The van der Waals surface area contributed by atoms with Crippen LogP contribution in [0.4, 0.5) is 31.0 Å². The van der Waals surface area contributed by atoms with Gasteiger partial charge in [0.25, 0.3) is 5.91 Å². The third-order valence-corrected chi connectivity index (χ3v) is 8.24. The van der Waals surface area contributed by atoms with Crippen molar-refractivity contribution in [2.75, 3.05) is 49.3 Å². The summed E-state index contributed by atoms with van der Waals surface area (Å²) in [5.74, 6) is -0.653. The zero-order chi connectivity index (χ0) is 34.6. The summed E-state index contributed by atoms with van der Waals surface area (Å²) in [7, 11) is 1.65. The van der Waals surface area contributed by atoms with Crippen LogP contribution < -0.4 is 20.7 Å². The number of nitrogens with one attached hydrogen (secondary N) is 3. The van der Waals surface area contributed by atoms with Gasteiger partial charge in [0.05, 0.1) is 30.4 Å². The molecule has 11 nitrogen and oxygen atoms in total. The first-order chi connectivity index (χ1) is 23.0. The number of halogens is 1. The SMILES string of the molecule is C[C@@H]1CCCCO[C@H](CN(C)C(=O)Nc2ccc(F)cc2)[C@@H](C)CN([C@@H](C)CO)C(=O)c2cc(NC(=O)Nc3ccccc3)ccc2O1. The molecule has 4 N–H and O–H groups in total. The molecule has 1 aliphatic heterocycles. The Hall–Kier alpha value is -4.68. The van der Waals surface area contributed by atoms with E-state index in [2.05, 4.69) is 16.0 Å². The number of carbonyl (C=O) groups is 3. The Morgan fingerprint density at radius 2 is 1.65 bits per heavy atom. The van der Waals surface area contributed by atoms with Gasteiger partial charge in [-0.1, -0.05) is 25.1 Å². The van der Waals surface area contributed by atoms with E-state index >= 15 is 0 Å². The molecule has 258 valence electrons. The number of anilines is 3. The van der Waals surface area contributed by atoms with E-state index in [-0.39, 0.29) is 49.2 Å². The van der Waals surface area contributed by atoms with E-state index in [9.17, 15) is 23.9 Å². The summed E-state index contributed by atoms with van der Waals surface area (Å²) < 4.78 is 25.9. The lowest BCUT2D eigenvalue weighted by molar-refractivity contribution is -0.0115. The maximum atomic E-state index is 14.3. The van der Waals surface area contributed by atoms with Crippen molar-refractivity contribution in [1.82, 2.24) is 9.80 Å². The van der Waals surface area contributed by atoms with Crippen LogP contribution in [-0.2, 0) is 4.74 Å². The smallest absolute Gasteiger partial charge is 0.323 e. The first-order valence-electron chi connectivity index (χ1n) is 16.3.